The number of carbonyl (C=O) groups excluding carboxylic acids is 1. The molecule has 0 bridgehead atoms. The van der Waals surface area contributed by atoms with Gasteiger partial charge in [-0.25, -0.2) is 13.1 Å². The molecule has 0 aromatic heterocycles. The monoisotopic (exact) mass is 313 g/mol. The number of rotatable bonds is 8. The third-order valence-electron chi connectivity index (χ3n) is 3.11. The van der Waals surface area contributed by atoms with Crippen molar-refractivity contribution in [3.63, 3.8) is 0 Å². The summed E-state index contributed by atoms with van der Waals surface area (Å²) >= 11 is 0. The zero-order valence-corrected chi connectivity index (χ0v) is 13.5. The van der Waals surface area contributed by atoms with Gasteiger partial charge in [-0.05, 0) is 45.0 Å². The van der Waals surface area contributed by atoms with Crippen LogP contribution in [0.2, 0.25) is 0 Å². The maximum absolute atomic E-state index is 11.7. The van der Waals surface area contributed by atoms with Crippen LogP contribution < -0.4 is 14.9 Å². The smallest absolute Gasteiger partial charge is 0.239 e. The predicted molar refractivity (Wildman–Crippen MR) is 86.1 cm³/mol. The molecule has 1 aromatic carbocycles. The van der Waals surface area contributed by atoms with Crippen molar-refractivity contribution in [2.75, 3.05) is 35.6 Å². The molecule has 1 aromatic rings. The summed E-state index contributed by atoms with van der Waals surface area (Å²) in [5, 5.41) is 2.66. The van der Waals surface area contributed by atoms with E-state index >= 15 is 0 Å². The van der Waals surface area contributed by atoms with Crippen molar-refractivity contribution in [2.45, 2.75) is 20.8 Å². The van der Waals surface area contributed by atoms with Crippen LogP contribution in [0.1, 0.15) is 20.8 Å². The second-order valence-electron chi connectivity index (χ2n) is 4.49. The highest BCUT2D eigenvalue weighted by Gasteiger charge is 2.10. The van der Waals surface area contributed by atoms with E-state index in [1.807, 2.05) is 12.1 Å². The highest BCUT2D eigenvalue weighted by molar-refractivity contribution is 7.89. The second kappa shape index (κ2) is 7.99. The van der Waals surface area contributed by atoms with E-state index < -0.39 is 10.0 Å². The Balaban J connectivity index is 2.57. The highest BCUT2D eigenvalue weighted by Crippen LogP contribution is 2.17. The lowest BCUT2D eigenvalue weighted by Crippen LogP contribution is -2.33. The number of benzene rings is 1. The fourth-order valence-electron chi connectivity index (χ4n) is 1.83. The van der Waals surface area contributed by atoms with Crippen molar-refractivity contribution in [3.05, 3.63) is 24.3 Å². The molecule has 1 rings (SSSR count). The Hall–Kier alpha value is -1.60. The van der Waals surface area contributed by atoms with Gasteiger partial charge in [0.05, 0.1) is 12.3 Å². The minimum Gasteiger partial charge on any atom is -0.372 e. The molecule has 0 saturated heterocycles. The summed E-state index contributed by atoms with van der Waals surface area (Å²) in [5.41, 5.74) is 1.73. The highest BCUT2D eigenvalue weighted by atomic mass is 32.2. The summed E-state index contributed by atoms with van der Waals surface area (Å²) in [4.78, 5) is 13.9. The molecule has 0 atom stereocenters. The molecule has 0 aliphatic heterocycles. The van der Waals surface area contributed by atoms with Crippen LogP contribution in [-0.2, 0) is 14.8 Å². The van der Waals surface area contributed by atoms with E-state index in [1.165, 1.54) is 6.92 Å². The zero-order chi connectivity index (χ0) is 15.9. The lowest BCUT2D eigenvalue weighted by molar-refractivity contribution is -0.115. The number of nitrogens with one attached hydrogen (secondary N) is 2. The topological polar surface area (TPSA) is 78.5 Å². The normalized spacial score (nSPS) is 11.2. The lowest BCUT2D eigenvalue weighted by atomic mass is 10.2. The largest absolute Gasteiger partial charge is 0.372 e. The number of sulfonamides is 1. The van der Waals surface area contributed by atoms with Gasteiger partial charge in [0, 0.05) is 24.5 Å². The van der Waals surface area contributed by atoms with E-state index in [9.17, 15) is 13.2 Å². The Morgan fingerprint density at radius 2 is 1.67 bits per heavy atom. The van der Waals surface area contributed by atoms with Gasteiger partial charge in [-0.2, -0.15) is 0 Å². The van der Waals surface area contributed by atoms with Gasteiger partial charge >= 0.3 is 0 Å². The average molecular weight is 313 g/mol. The van der Waals surface area contributed by atoms with E-state index in [4.69, 9.17) is 0 Å². The summed E-state index contributed by atoms with van der Waals surface area (Å²) in [7, 11) is -3.35. The quantitative estimate of drug-likeness (QED) is 0.760. The van der Waals surface area contributed by atoms with Gasteiger partial charge < -0.3 is 10.2 Å². The molecule has 0 aliphatic rings. The Bertz CT molecular complexity index is 551. The SMILES string of the molecule is CCN(CC)c1ccc(NC(=O)CNS(=O)(=O)CC)cc1. The van der Waals surface area contributed by atoms with E-state index in [-0.39, 0.29) is 18.2 Å². The van der Waals surface area contributed by atoms with Gasteiger partial charge in [-0.1, -0.05) is 0 Å². The van der Waals surface area contributed by atoms with Crippen LogP contribution in [0.5, 0.6) is 0 Å². The van der Waals surface area contributed by atoms with E-state index in [0.717, 1.165) is 18.8 Å². The maximum Gasteiger partial charge on any atom is 0.239 e. The first kappa shape index (κ1) is 17.5. The standard InChI is InChI=1S/C14H23N3O3S/c1-4-17(5-2)13-9-7-12(8-10-13)16-14(18)11-15-21(19,20)6-3/h7-10,15H,4-6,11H2,1-3H3,(H,16,18). The van der Waals surface area contributed by atoms with Crippen LogP contribution in [0.4, 0.5) is 11.4 Å². The average Bonchev–Trinajstić information content (AvgIpc) is 2.48. The van der Waals surface area contributed by atoms with E-state index in [1.54, 1.807) is 12.1 Å². The molecule has 0 spiro atoms. The number of nitrogens with zero attached hydrogens (tertiary/aromatic N) is 1. The first-order valence-electron chi connectivity index (χ1n) is 7.04. The summed E-state index contributed by atoms with van der Waals surface area (Å²) in [6.45, 7) is 7.26. The molecule has 7 heteroatoms. The molecular weight excluding hydrogens is 290 g/mol. The summed E-state index contributed by atoms with van der Waals surface area (Å²) in [6.07, 6.45) is 0. The molecule has 0 heterocycles. The first-order chi connectivity index (χ1) is 9.91. The molecule has 118 valence electrons. The molecule has 21 heavy (non-hydrogen) atoms. The fourth-order valence-corrected chi connectivity index (χ4v) is 2.38. The first-order valence-corrected chi connectivity index (χ1v) is 8.69. The minimum atomic E-state index is -3.35. The Morgan fingerprint density at radius 3 is 2.14 bits per heavy atom. The van der Waals surface area contributed by atoms with Crippen molar-refractivity contribution >= 4 is 27.3 Å². The van der Waals surface area contributed by atoms with E-state index in [0.29, 0.717) is 5.69 Å². The van der Waals surface area contributed by atoms with Gasteiger partial charge in [0.25, 0.3) is 0 Å². The van der Waals surface area contributed by atoms with Crippen molar-refractivity contribution in [1.82, 2.24) is 4.72 Å². The molecule has 2 N–H and O–H groups in total. The molecule has 6 nitrogen and oxygen atoms in total. The fraction of sp³-hybridized carbons (Fsp3) is 0.500. The molecule has 0 aliphatic carbocycles. The Morgan fingerprint density at radius 1 is 1.10 bits per heavy atom. The van der Waals surface area contributed by atoms with Crippen LogP contribution in [0, 0.1) is 0 Å². The van der Waals surface area contributed by atoms with Crippen LogP contribution in [0.15, 0.2) is 24.3 Å². The van der Waals surface area contributed by atoms with Gasteiger partial charge in [0.2, 0.25) is 15.9 Å². The summed E-state index contributed by atoms with van der Waals surface area (Å²) < 4.78 is 24.7. The second-order valence-corrected chi connectivity index (χ2v) is 6.59. The minimum absolute atomic E-state index is 0.0428. The lowest BCUT2D eigenvalue weighted by Gasteiger charge is -2.21. The molecular formula is C14H23N3O3S. The zero-order valence-electron chi connectivity index (χ0n) is 12.7. The number of hydrogen-bond donors (Lipinski definition) is 2. The number of hydrogen-bond acceptors (Lipinski definition) is 4. The van der Waals surface area contributed by atoms with Crippen molar-refractivity contribution in [3.8, 4) is 0 Å². The predicted octanol–water partition coefficient (Wildman–Crippen LogP) is 1.41. The molecule has 0 unspecified atom stereocenters. The van der Waals surface area contributed by atoms with Crippen LogP contribution in [0.3, 0.4) is 0 Å². The van der Waals surface area contributed by atoms with Crippen molar-refractivity contribution < 1.29 is 13.2 Å². The van der Waals surface area contributed by atoms with E-state index in [2.05, 4.69) is 28.8 Å². The molecule has 1 amide bonds. The third-order valence-corrected chi connectivity index (χ3v) is 4.46. The number of amides is 1. The Kier molecular flexibility index (Phi) is 6.64. The number of anilines is 2. The third kappa shape index (κ3) is 5.73. The summed E-state index contributed by atoms with van der Waals surface area (Å²) in [5.74, 6) is -0.429. The molecule has 0 radical (unpaired) electrons. The van der Waals surface area contributed by atoms with Gasteiger partial charge in [-0.15, -0.1) is 0 Å². The van der Waals surface area contributed by atoms with Crippen molar-refractivity contribution in [2.24, 2.45) is 0 Å². The van der Waals surface area contributed by atoms with Crippen LogP contribution in [-0.4, -0.2) is 39.7 Å². The summed E-state index contributed by atoms with van der Waals surface area (Å²) in [6, 6.07) is 7.47. The van der Waals surface area contributed by atoms with Crippen molar-refractivity contribution in [1.29, 1.82) is 0 Å². The van der Waals surface area contributed by atoms with Crippen LogP contribution >= 0.6 is 0 Å². The molecule has 0 saturated carbocycles. The maximum atomic E-state index is 11.7. The van der Waals surface area contributed by atoms with Crippen LogP contribution in [0.25, 0.3) is 0 Å². The Labute approximate surface area is 126 Å². The van der Waals surface area contributed by atoms with Gasteiger partial charge in [-0.3, -0.25) is 4.79 Å². The van der Waals surface area contributed by atoms with Gasteiger partial charge in [0.1, 0.15) is 0 Å². The molecule has 0 fully saturated rings. The van der Waals surface area contributed by atoms with Gasteiger partial charge in [0.15, 0.2) is 0 Å². The number of carbonyl (C=O) groups is 1.